The average Bonchev–Trinajstić information content (AvgIpc) is 2.44. The summed E-state index contributed by atoms with van der Waals surface area (Å²) in [7, 11) is 0. The molecule has 1 aromatic carbocycles. The molecule has 0 fully saturated rings. The molecule has 0 atom stereocenters. The van der Waals surface area contributed by atoms with Crippen molar-refractivity contribution in [1.29, 1.82) is 0 Å². The maximum absolute atomic E-state index is 11.2. The van der Waals surface area contributed by atoms with E-state index in [0.29, 0.717) is 5.82 Å². The van der Waals surface area contributed by atoms with Crippen LogP contribution >= 0.6 is 15.9 Å². The third-order valence-electron chi connectivity index (χ3n) is 1.97. The van der Waals surface area contributed by atoms with Crippen LogP contribution in [0, 0.1) is 0 Å². The van der Waals surface area contributed by atoms with E-state index in [2.05, 4.69) is 21.0 Å². The van der Waals surface area contributed by atoms with Gasteiger partial charge in [0.25, 0.3) is 0 Å². The van der Waals surface area contributed by atoms with E-state index in [-0.39, 0.29) is 5.91 Å². The Bertz CT molecular complexity index is 518. The summed E-state index contributed by atoms with van der Waals surface area (Å²) in [5, 5.41) is 4.74. The number of nitrogens with zero attached hydrogens (tertiary/aromatic N) is 2. The van der Waals surface area contributed by atoms with E-state index in [1.807, 2.05) is 18.2 Å². The largest absolute Gasteiger partial charge is 0.382 e. The van der Waals surface area contributed by atoms with Crippen LogP contribution in [-0.2, 0) is 0 Å². The number of carbonyl (C=O) groups excluding carboxylic acids is 1. The molecule has 0 aliphatic rings. The number of aromatic nitrogens is 2. The normalized spacial score (nSPS) is 10.7. The van der Waals surface area contributed by atoms with Gasteiger partial charge in [-0.2, -0.15) is 4.68 Å². The highest BCUT2D eigenvalue weighted by Gasteiger charge is 2.10. The minimum atomic E-state index is -0.144. The Morgan fingerprint density at radius 1 is 1.57 bits per heavy atom. The lowest BCUT2D eigenvalue weighted by Gasteiger charge is -1.95. The topological polar surface area (TPSA) is 60.9 Å². The van der Waals surface area contributed by atoms with E-state index in [1.54, 1.807) is 0 Å². The maximum atomic E-state index is 11.2. The Hall–Kier alpha value is -1.36. The van der Waals surface area contributed by atoms with E-state index in [9.17, 15) is 4.79 Å². The van der Waals surface area contributed by atoms with Gasteiger partial charge in [0.15, 0.2) is 5.82 Å². The van der Waals surface area contributed by atoms with Gasteiger partial charge in [-0.05, 0) is 18.2 Å². The highest BCUT2D eigenvalue weighted by atomic mass is 79.9. The van der Waals surface area contributed by atoms with Crippen molar-refractivity contribution in [3.05, 3.63) is 22.7 Å². The van der Waals surface area contributed by atoms with Crippen LogP contribution in [0.2, 0.25) is 0 Å². The lowest BCUT2D eigenvalue weighted by Crippen LogP contribution is -2.07. The Kier molecular flexibility index (Phi) is 2.03. The second-order valence-corrected chi connectivity index (χ2v) is 3.89. The van der Waals surface area contributed by atoms with Gasteiger partial charge < -0.3 is 5.73 Å². The lowest BCUT2D eigenvalue weighted by atomic mass is 10.2. The first-order chi connectivity index (χ1) is 6.59. The first-order valence-electron chi connectivity index (χ1n) is 4.04. The highest BCUT2D eigenvalue weighted by molar-refractivity contribution is 9.10. The van der Waals surface area contributed by atoms with Gasteiger partial charge in [0.1, 0.15) is 0 Å². The summed E-state index contributed by atoms with van der Waals surface area (Å²) < 4.78 is 2.22. The number of anilines is 1. The molecule has 2 N–H and O–H groups in total. The summed E-state index contributed by atoms with van der Waals surface area (Å²) in [4.78, 5) is 11.2. The summed E-state index contributed by atoms with van der Waals surface area (Å²) >= 11 is 3.34. The molecule has 0 saturated heterocycles. The molecule has 0 amide bonds. The van der Waals surface area contributed by atoms with Crippen molar-refractivity contribution in [2.75, 3.05) is 5.73 Å². The van der Waals surface area contributed by atoms with Gasteiger partial charge in [0.2, 0.25) is 5.91 Å². The van der Waals surface area contributed by atoms with Crippen LogP contribution in [0.3, 0.4) is 0 Å². The summed E-state index contributed by atoms with van der Waals surface area (Å²) in [6.07, 6.45) is 0. The van der Waals surface area contributed by atoms with E-state index in [1.165, 1.54) is 11.6 Å². The van der Waals surface area contributed by atoms with E-state index >= 15 is 0 Å². The van der Waals surface area contributed by atoms with Gasteiger partial charge in [-0.1, -0.05) is 15.9 Å². The van der Waals surface area contributed by atoms with E-state index < -0.39 is 0 Å². The van der Waals surface area contributed by atoms with Crippen LogP contribution in [0.15, 0.2) is 22.7 Å². The lowest BCUT2D eigenvalue weighted by molar-refractivity contribution is 0.0927. The average molecular weight is 254 g/mol. The summed E-state index contributed by atoms with van der Waals surface area (Å²) in [5.74, 6) is 0.227. The van der Waals surface area contributed by atoms with Crippen LogP contribution in [-0.4, -0.2) is 15.7 Å². The van der Waals surface area contributed by atoms with E-state index in [0.717, 1.165) is 15.4 Å². The zero-order valence-corrected chi connectivity index (χ0v) is 9.08. The molecule has 5 heteroatoms. The molecular formula is C9H8BrN3O. The van der Waals surface area contributed by atoms with Gasteiger partial charge in [-0.25, -0.2) is 0 Å². The molecule has 72 valence electrons. The minimum absolute atomic E-state index is 0.144. The number of hydrogen-bond donors (Lipinski definition) is 1. The van der Waals surface area contributed by atoms with Crippen LogP contribution in [0.25, 0.3) is 10.9 Å². The molecule has 0 bridgehead atoms. The molecule has 2 rings (SSSR count). The van der Waals surface area contributed by atoms with Crippen molar-refractivity contribution in [3.8, 4) is 0 Å². The van der Waals surface area contributed by atoms with E-state index in [4.69, 9.17) is 5.73 Å². The molecule has 0 aliphatic heterocycles. The van der Waals surface area contributed by atoms with Gasteiger partial charge in [-0.3, -0.25) is 4.79 Å². The zero-order valence-electron chi connectivity index (χ0n) is 7.49. The molecule has 0 radical (unpaired) electrons. The van der Waals surface area contributed by atoms with Gasteiger partial charge in [0, 0.05) is 16.8 Å². The first-order valence-corrected chi connectivity index (χ1v) is 4.83. The monoisotopic (exact) mass is 253 g/mol. The summed E-state index contributed by atoms with van der Waals surface area (Å²) in [6, 6.07) is 5.50. The number of nitrogens with two attached hydrogens (primary N) is 1. The number of rotatable bonds is 0. The van der Waals surface area contributed by atoms with Crippen LogP contribution < -0.4 is 5.73 Å². The Labute approximate surface area is 88.8 Å². The molecular weight excluding hydrogens is 246 g/mol. The Morgan fingerprint density at radius 2 is 2.29 bits per heavy atom. The minimum Gasteiger partial charge on any atom is -0.382 e. The second kappa shape index (κ2) is 3.09. The Balaban J connectivity index is 2.84. The summed E-state index contributed by atoms with van der Waals surface area (Å²) in [6.45, 7) is 1.45. The van der Waals surface area contributed by atoms with Gasteiger partial charge >= 0.3 is 0 Å². The predicted octanol–water partition coefficient (Wildman–Crippen LogP) is 2.04. The van der Waals surface area contributed by atoms with Crippen LogP contribution in [0.1, 0.15) is 11.7 Å². The number of fused-ring (bicyclic) bond motifs is 1. The highest BCUT2D eigenvalue weighted by Crippen LogP contribution is 2.24. The molecule has 0 spiro atoms. The molecule has 0 saturated carbocycles. The zero-order chi connectivity index (χ0) is 10.3. The molecule has 1 heterocycles. The molecule has 4 nitrogen and oxygen atoms in total. The second-order valence-electron chi connectivity index (χ2n) is 2.98. The molecule has 14 heavy (non-hydrogen) atoms. The fraction of sp³-hybridized carbons (Fsp3) is 0.111. The van der Waals surface area contributed by atoms with Crippen molar-refractivity contribution in [3.63, 3.8) is 0 Å². The number of halogens is 1. The number of nitrogen functional groups attached to an aromatic ring is 1. The standard InChI is InChI=1S/C9H8BrN3O/c1-5(14)13-8-3-2-6(10)4-7(8)9(11)12-13/h2-4H,1H3,(H2,11,12). The smallest absolute Gasteiger partial charge is 0.244 e. The predicted molar refractivity (Wildman–Crippen MR) is 58.1 cm³/mol. The number of carbonyl (C=O) groups is 1. The van der Waals surface area contributed by atoms with Crippen molar-refractivity contribution in [1.82, 2.24) is 9.78 Å². The third kappa shape index (κ3) is 1.29. The quantitative estimate of drug-likeness (QED) is 0.782. The van der Waals surface area contributed by atoms with Crippen LogP contribution in [0.5, 0.6) is 0 Å². The van der Waals surface area contributed by atoms with Crippen molar-refractivity contribution < 1.29 is 4.79 Å². The maximum Gasteiger partial charge on any atom is 0.244 e. The molecule has 2 aromatic rings. The van der Waals surface area contributed by atoms with Gasteiger partial charge in [0.05, 0.1) is 5.52 Å². The van der Waals surface area contributed by atoms with Gasteiger partial charge in [-0.15, -0.1) is 5.10 Å². The fourth-order valence-corrected chi connectivity index (χ4v) is 1.71. The van der Waals surface area contributed by atoms with Crippen molar-refractivity contribution in [2.45, 2.75) is 6.92 Å². The summed E-state index contributed by atoms with van der Waals surface area (Å²) in [5.41, 5.74) is 6.41. The van der Waals surface area contributed by atoms with Crippen LogP contribution in [0.4, 0.5) is 5.82 Å². The molecule has 0 unspecified atom stereocenters. The third-order valence-corrected chi connectivity index (χ3v) is 2.46. The molecule has 0 aliphatic carbocycles. The molecule has 1 aromatic heterocycles. The Morgan fingerprint density at radius 3 is 2.93 bits per heavy atom. The van der Waals surface area contributed by atoms with Crippen molar-refractivity contribution in [2.24, 2.45) is 0 Å². The number of benzene rings is 1. The van der Waals surface area contributed by atoms with Crippen molar-refractivity contribution >= 4 is 38.6 Å². The number of hydrogen-bond acceptors (Lipinski definition) is 3. The fourth-order valence-electron chi connectivity index (χ4n) is 1.35. The first kappa shape index (κ1) is 9.21. The SMILES string of the molecule is CC(=O)n1nc(N)c2cc(Br)ccc21.